The maximum absolute atomic E-state index is 11.9. The number of nitrogens with two attached hydrogens (primary N) is 1. The number of carbonyl (C=O) groups is 2. The molecule has 0 bridgehead atoms. The van der Waals surface area contributed by atoms with Crippen LogP contribution >= 0.6 is 0 Å². The third-order valence-corrected chi connectivity index (χ3v) is 3.21. The lowest BCUT2D eigenvalue weighted by Gasteiger charge is -2.21. The van der Waals surface area contributed by atoms with Crippen molar-refractivity contribution in [3.8, 4) is 0 Å². The van der Waals surface area contributed by atoms with Crippen LogP contribution in [0.3, 0.4) is 0 Å². The molecule has 5 nitrogen and oxygen atoms in total. The van der Waals surface area contributed by atoms with Gasteiger partial charge in [0.1, 0.15) is 6.10 Å². The molecule has 1 aliphatic rings. The van der Waals surface area contributed by atoms with Crippen LogP contribution in [-0.4, -0.2) is 18.1 Å². The van der Waals surface area contributed by atoms with Gasteiger partial charge in [-0.05, 0) is 49.9 Å². The van der Waals surface area contributed by atoms with Gasteiger partial charge >= 0.3 is 12.0 Å². The first-order chi connectivity index (χ1) is 9.15. The van der Waals surface area contributed by atoms with E-state index in [0.29, 0.717) is 11.3 Å². The Labute approximate surface area is 112 Å². The molecule has 0 heterocycles. The number of esters is 1. The Morgan fingerprint density at radius 2 is 1.74 bits per heavy atom. The first kappa shape index (κ1) is 13.4. The summed E-state index contributed by atoms with van der Waals surface area (Å²) < 4.78 is 5.45. The highest BCUT2D eigenvalue weighted by Crippen LogP contribution is 2.21. The molecule has 1 aromatic carbocycles. The van der Waals surface area contributed by atoms with E-state index in [-0.39, 0.29) is 12.1 Å². The molecule has 2 rings (SSSR count). The second kappa shape index (κ2) is 6.22. The maximum Gasteiger partial charge on any atom is 0.338 e. The van der Waals surface area contributed by atoms with Crippen molar-refractivity contribution in [2.45, 2.75) is 38.2 Å². The molecule has 0 radical (unpaired) electrons. The highest BCUT2D eigenvalue weighted by molar-refractivity contribution is 5.91. The standard InChI is InChI=1S/C14H18N2O3/c15-14(18)16-11-8-6-10(7-9-11)13(17)19-12-4-2-1-3-5-12/h6-9,12H,1-5H2,(H3,15,16,18). The summed E-state index contributed by atoms with van der Waals surface area (Å²) >= 11 is 0. The Morgan fingerprint density at radius 1 is 1.11 bits per heavy atom. The van der Waals surface area contributed by atoms with E-state index in [4.69, 9.17) is 10.5 Å². The summed E-state index contributed by atoms with van der Waals surface area (Å²) in [5, 5.41) is 2.44. The highest BCUT2D eigenvalue weighted by atomic mass is 16.5. The number of carbonyl (C=O) groups excluding carboxylic acids is 2. The van der Waals surface area contributed by atoms with Crippen molar-refractivity contribution < 1.29 is 14.3 Å². The van der Waals surface area contributed by atoms with Crippen LogP contribution in [0.4, 0.5) is 10.5 Å². The number of rotatable bonds is 3. The predicted octanol–water partition coefficient (Wildman–Crippen LogP) is 2.67. The quantitative estimate of drug-likeness (QED) is 0.822. The van der Waals surface area contributed by atoms with Crippen LogP contribution in [0.15, 0.2) is 24.3 Å². The summed E-state index contributed by atoms with van der Waals surface area (Å²) in [6.07, 6.45) is 5.42. The summed E-state index contributed by atoms with van der Waals surface area (Å²) in [4.78, 5) is 22.6. The predicted molar refractivity (Wildman–Crippen MR) is 71.9 cm³/mol. The number of anilines is 1. The molecule has 0 saturated heterocycles. The molecular weight excluding hydrogens is 244 g/mol. The van der Waals surface area contributed by atoms with E-state index in [9.17, 15) is 9.59 Å². The van der Waals surface area contributed by atoms with E-state index in [1.807, 2.05) is 0 Å². The van der Waals surface area contributed by atoms with Gasteiger partial charge in [0, 0.05) is 5.69 Å². The molecule has 0 unspecified atom stereocenters. The van der Waals surface area contributed by atoms with Gasteiger partial charge in [0.15, 0.2) is 0 Å². The van der Waals surface area contributed by atoms with Crippen molar-refractivity contribution in [2.24, 2.45) is 5.73 Å². The van der Waals surface area contributed by atoms with Gasteiger partial charge in [-0.3, -0.25) is 0 Å². The van der Waals surface area contributed by atoms with Crippen molar-refractivity contribution in [1.29, 1.82) is 0 Å². The molecule has 1 saturated carbocycles. The second-order valence-corrected chi connectivity index (χ2v) is 4.73. The zero-order chi connectivity index (χ0) is 13.7. The summed E-state index contributed by atoms with van der Waals surface area (Å²) in [7, 11) is 0. The number of benzene rings is 1. The fraction of sp³-hybridized carbons (Fsp3) is 0.429. The van der Waals surface area contributed by atoms with Crippen LogP contribution in [0.2, 0.25) is 0 Å². The van der Waals surface area contributed by atoms with Crippen molar-refractivity contribution in [2.75, 3.05) is 5.32 Å². The van der Waals surface area contributed by atoms with Crippen LogP contribution in [0.1, 0.15) is 42.5 Å². The Balaban J connectivity index is 1.93. The summed E-state index contributed by atoms with van der Waals surface area (Å²) in [6.45, 7) is 0. The molecule has 0 aromatic heterocycles. The first-order valence-electron chi connectivity index (χ1n) is 6.52. The average Bonchev–Trinajstić information content (AvgIpc) is 2.40. The van der Waals surface area contributed by atoms with Crippen LogP contribution in [0, 0.1) is 0 Å². The molecule has 1 fully saturated rings. The lowest BCUT2D eigenvalue weighted by Crippen LogP contribution is -2.21. The molecule has 3 N–H and O–H groups in total. The number of amides is 2. The minimum Gasteiger partial charge on any atom is -0.459 e. The topological polar surface area (TPSA) is 81.4 Å². The van der Waals surface area contributed by atoms with Crippen LogP contribution in [0.25, 0.3) is 0 Å². The normalized spacial score (nSPS) is 15.8. The molecule has 1 aromatic rings. The van der Waals surface area contributed by atoms with Crippen LogP contribution in [0.5, 0.6) is 0 Å². The fourth-order valence-corrected chi connectivity index (χ4v) is 2.23. The van der Waals surface area contributed by atoms with E-state index >= 15 is 0 Å². The highest BCUT2D eigenvalue weighted by Gasteiger charge is 2.18. The third kappa shape index (κ3) is 3.98. The monoisotopic (exact) mass is 262 g/mol. The van der Waals surface area contributed by atoms with Gasteiger partial charge in [-0.25, -0.2) is 9.59 Å². The molecule has 19 heavy (non-hydrogen) atoms. The van der Waals surface area contributed by atoms with E-state index in [1.165, 1.54) is 6.42 Å². The van der Waals surface area contributed by atoms with Gasteiger partial charge in [0.05, 0.1) is 5.56 Å². The zero-order valence-electron chi connectivity index (χ0n) is 10.7. The maximum atomic E-state index is 11.9. The lowest BCUT2D eigenvalue weighted by molar-refractivity contribution is 0.0211. The number of primary amides is 1. The number of ether oxygens (including phenoxy) is 1. The van der Waals surface area contributed by atoms with Crippen molar-refractivity contribution in [3.63, 3.8) is 0 Å². The van der Waals surface area contributed by atoms with E-state index in [1.54, 1.807) is 24.3 Å². The van der Waals surface area contributed by atoms with Crippen molar-refractivity contribution >= 4 is 17.7 Å². The van der Waals surface area contributed by atoms with Crippen LogP contribution < -0.4 is 11.1 Å². The molecular formula is C14H18N2O3. The van der Waals surface area contributed by atoms with E-state index in [0.717, 1.165) is 25.7 Å². The van der Waals surface area contributed by atoms with Crippen LogP contribution in [-0.2, 0) is 4.74 Å². The SMILES string of the molecule is NC(=O)Nc1ccc(C(=O)OC2CCCCC2)cc1. The number of hydrogen-bond acceptors (Lipinski definition) is 3. The Bertz CT molecular complexity index is 450. The fourth-order valence-electron chi connectivity index (χ4n) is 2.23. The van der Waals surface area contributed by atoms with Gasteiger partial charge in [-0.2, -0.15) is 0 Å². The molecule has 2 amide bonds. The zero-order valence-corrected chi connectivity index (χ0v) is 10.7. The van der Waals surface area contributed by atoms with Gasteiger partial charge in [-0.1, -0.05) is 6.42 Å². The first-order valence-corrected chi connectivity index (χ1v) is 6.52. The largest absolute Gasteiger partial charge is 0.459 e. The van der Waals surface area contributed by atoms with Crippen molar-refractivity contribution in [1.82, 2.24) is 0 Å². The summed E-state index contributed by atoms with van der Waals surface area (Å²) in [6, 6.07) is 5.87. The van der Waals surface area contributed by atoms with Gasteiger partial charge < -0.3 is 15.8 Å². The average molecular weight is 262 g/mol. The number of nitrogens with one attached hydrogen (secondary N) is 1. The van der Waals surface area contributed by atoms with E-state index in [2.05, 4.69) is 5.32 Å². The number of urea groups is 1. The number of hydrogen-bond donors (Lipinski definition) is 2. The molecule has 5 heteroatoms. The van der Waals surface area contributed by atoms with E-state index < -0.39 is 6.03 Å². The van der Waals surface area contributed by atoms with Gasteiger partial charge in [0.25, 0.3) is 0 Å². The minimum atomic E-state index is -0.627. The van der Waals surface area contributed by atoms with Gasteiger partial charge in [0.2, 0.25) is 0 Å². The third-order valence-electron chi connectivity index (χ3n) is 3.21. The molecule has 0 spiro atoms. The smallest absolute Gasteiger partial charge is 0.338 e. The summed E-state index contributed by atoms with van der Waals surface area (Å²) in [5.74, 6) is -0.308. The Kier molecular flexibility index (Phi) is 4.39. The molecule has 0 aliphatic heterocycles. The Morgan fingerprint density at radius 3 is 2.32 bits per heavy atom. The molecule has 1 aliphatic carbocycles. The molecule has 102 valence electrons. The second-order valence-electron chi connectivity index (χ2n) is 4.73. The summed E-state index contributed by atoms with van der Waals surface area (Å²) in [5.41, 5.74) is 6.05. The minimum absolute atomic E-state index is 0.0460. The lowest BCUT2D eigenvalue weighted by atomic mass is 9.98. The van der Waals surface area contributed by atoms with Gasteiger partial charge in [-0.15, -0.1) is 0 Å². The van der Waals surface area contributed by atoms with Crippen molar-refractivity contribution in [3.05, 3.63) is 29.8 Å². The Hall–Kier alpha value is -2.04. The molecule has 0 atom stereocenters.